The highest BCUT2D eigenvalue weighted by Crippen LogP contribution is 2.36. The molecule has 1 aliphatic heterocycles. The van der Waals surface area contributed by atoms with Gasteiger partial charge in [0.25, 0.3) is 0 Å². The molecule has 130 valence electrons. The SMILES string of the molecule is Cc1cc(C)cc(NCC(=O)N2c3ccccc3NC(=O)C2(C)C)c1. The van der Waals surface area contributed by atoms with Crippen molar-refractivity contribution in [1.82, 2.24) is 0 Å². The maximum absolute atomic E-state index is 12.9. The summed E-state index contributed by atoms with van der Waals surface area (Å²) in [5, 5.41) is 6.05. The number of nitrogens with one attached hydrogen (secondary N) is 2. The molecular formula is C20H23N3O2. The van der Waals surface area contributed by atoms with E-state index in [-0.39, 0.29) is 18.4 Å². The van der Waals surface area contributed by atoms with Crippen molar-refractivity contribution in [3.63, 3.8) is 0 Å². The van der Waals surface area contributed by atoms with Crippen molar-refractivity contribution in [2.24, 2.45) is 0 Å². The highest BCUT2D eigenvalue weighted by Gasteiger charge is 2.43. The molecule has 1 heterocycles. The highest BCUT2D eigenvalue weighted by molar-refractivity contribution is 6.14. The Morgan fingerprint density at radius 3 is 2.44 bits per heavy atom. The van der Waals surface area contributed by atoms with Crippen molar-refractivity contribution in [2.45, 2.75) is 33.2 Å². The van der Waals surface area contributed by atoms with Gasteiger partial charge in [-0.2, -0.15) is 0 Å². The second kappa shape index (κ2) is 6.24. The molecule has 1 aliphatic rings. The van der Waals surface area contributed by atoms with Crippen LogP contribution in [-0.4, -0.2) is 23.9 Å². The second-order valence-corrected chi connectivity index (χ2v) is 6.99. The first-order valence-corrected chi connectivity index (χ1v) is 8.35. The summed E-state index contributed by atoms with van der Waals surface area (Å²) in [4.78, 5) is 27.0. The molecular weight excluding hydrogens is 314 g/mol. The van der Waals surface area contributed by atoms with Crippen LogP contribution in [-0.2, 0) is 9.59 Å². The third kappa shape index (κ3) is 3.22. The fourth-order valence-electron chi connectivity index (χ4n) is 3.23. The average molecular weight is 337 g/mol. The second-order valence-electron chi connectivity index (χ2n) is 6.99. The van der Waals surface area contributed by atoms with Gasteiger partial charge >= 0.3 is 0 Å². The van der Waals surface area contributed by atoms with Crippen molar-refractivity contribution in [3.8, 4) is 0 Å². The molecule has 0 aromatic heterocycles. The van der Waals surface area contributed by atoms with Crippen LogP contribution < -0.4 is 15.5 Å². The summed E-state index contributed by atoms with van der Waals surface area (Å²) in [5.74, 6) is -0.336. The maximum atomic E-state index is 12.9. The Kier molecular flexibility index (Phi) is 4.25. The molecule has 5 nitrogen and oxygen atoms in total. The van der Waals surface area contributed by atoms with E-state index in [1.165, 1.54) is 0 Å². The Bertz CT molecular complexity index is 822. The molecule has 2 aromatic rings. The monoisotopic (exact) mass is 337 g/mol. The molecule has 5 heteroatoms. The summed E-state index contributed by atoms with van der Waals surface area (Å²) in [7, 11) is 0. The van der Waals surface area contributed by atoms with Gasteiger partial charge in [-0.3, -0.25) is 14.5 Å². The Morgan fingerprint density at radius 2 is 1.76 bits per heavy atom. The molecule has 3 rings (SSSR count). The Labute approximate surface area is 148 Å². The van der Waals surface area contributed by atoms with Gasteiger partial charge in [-0.25, -0.2) is 0 Å². The predicted molar refractivity (Wildman–Crippen MR) is 101 cm³/mol. The fourth-order valence-corrected chi connectivity index (χ4v) is 3.23. The lowest BCUT2D eigenvalue weighted by Gasteiger charge is -2.42. The van der Waals surface area contributed by atoms with Crippen molar-refractivity contribution in [2.75, 3.05) is 22.1 Å². The van der Waals surface area contributed by atoms with E-state index in [1.807, 2.05) is 44.2 Å². The Morgan fingerprint density at radius 1 is 1.12 bits per heavy atom. The number of benzene rings is 2. The average Bonchev–Trinajstić information content (AvgIpc) is 2.53. The molecule has 0 spiro atoms. The Balaban J connectivity index is 1.86. The van der Waals surface area contributed by atoms with Crippen LogP contribution in [0, 0.1) is 13.8 Å². The summed E-state index contributed by atoms with van der Waals surface area (Å²) in [5.41, 5.74) is 3.61. The summed E-state index contributed by atoms with van der Waals surface area (Å²) in [6.07, 6.45) is 0. The molecule has 2 aromatic carbocycles. The summed E-state index contributed by atoms with van der Waals surface area (Å²) in [6.45, 7) is 7.68. The largest absolute Gasteiger partial charge is 0.376 e. The molecule has 25 heavy (non-hydrogen) atoms. The van der Waals surface area contributed by atoms with Gasteiger partial charge in [-0.05, 0) is 63.1 Å². The number of amides is 2. The lowest BCUT2D eigenvalue weighted by atomic mass is 9.96. The maximum Gasteiger partial charge on any atom is 0.250 e. The van der Waals surface area contributed by atoms with Crippen LogP contribution in [0.5, 0.6) is 0 Å². The minimum atomic E-state index is -0.949. The standard InChI is InChI=1S/C20H23N3O2/c1-13-9-14(2)11-15(10-13)21-12-18(24)23-17-8-6-5-7-16(17)22-19(25)20(23,3)4/h5-11,21H,12H2,1-4H3,(H,22,25). The third-order valence-corrected chi connectivity index (χ3v) is 4.42. The number of hydrogen-bond donors (Lipinski definition) is 2. The van der Waals surface area contributed by atoms with E-state index in [0.29, 0.717) is 5.69 Å². The first-order chi connectivity index (χ1) is 11.8. The van der Waals surface area contributed by atoms with E-state index in [2.05, 4.69) is 16.7 Å². The van der Waals surface area contributed by atoms with Gasteiger partial charge in [-0.15, -0.1) is 0 Å². The number of carbonyl (C=O) groups is 2. The molecule has 0 bridgehead atoms. The smallest absolute Gasteiger partial charge is 0.250 e. The third-order valence-electron chi connectivity index (χ3n) is 4.42. The molecule has 2 amide bonds. The lowest BCUT2D eigenvalue weighted by molar-refractivity contribution is -0.125. The number of aryl methyl sites for hydroxylation is 2. The minimum Gasteiger partial charge on any atom is -0.376 e. The van der Waals surface area contributed by atoms with E-state index in [1.54, 1.807) is 24.8 Å². The molecule has 0 saturated heterocycles. The fraction of sp³-hybridized carbons (Fsp3) is 0.300. The molecule has 0 saturated carbocycles. The number of nitrogens with zero attached hydrogens (tertiary/aromatic N) is 1. The lowest BCUT2D eigenvalue weighted by Crippen LogP contribution is -2.59. The molecule has 0 aliphatic carbocycles. The van der Waals surface area contributed by atoms with Crippen LogP contribution in [0.3, 0.4) is 0 Å². The van der Waals surface area contributed by atoms with Gasteiger partial charge in [0.05, 0.1) is 17.9 Å². The number of rotatable bonds is 3. The Hall–Kier alpha value is -2.82. The van der Waals surface area contributed by atoms with E-state index in [9.17, 15) is 9.59 Å². The van der Waals surface area contributed by atoms with E-state index in [0.717, 1.165) is 22.5 Å². The zero-order valence-electron chi connectivity index (χ0n) is 15.0. The number of para-hydroxylation sites is 2. The summed E-state index contributed by atoms with van der Waals surface area (Å²) in [6, 6.07) is 13.5. The van der Waals surface area contributed by atoms with Crippen LogP contribution in [0.25, 0.3) is 0 Å². The molecule has 0 fully saturated rings. The minimum absolute atomic E-state index is 0.119. The summed E-state index contributed by atoms with van der Waals surface area (Å²) < 4.78 is 0. The molecule has 2 N–H and O–H groups in total. The van der Waals surface area contributed by atoms with Gasteiger partial charge in [-0.1, -0.05) is 18.2 Å². The normalized spacial score (nSPS) is 15.4. The first-order valence-electron chi connectivity index (χ1n) is 8.35. The van der Waals surface area contributed by atoms with Crippen LogP contribution in [0.4, 0.5) is 17.1 Å². The van der Waals surface area contributed by atoms with Gasteiger partial charge in [0, 0.05) is 5.69 Å². The predicted octanol–water partition coefficient (Wildman–Crippen LogP) is 3.48. The van der Waals surface area contributed by atoms with Gasteiger partial charge in [0.1, 0.15) is 5.54 Å². The van der Waals surface area contributed by atoms with Crippen LogP contribution in [0.15, 0.2) is 42.5 Å². The van der Waals surface area contributed by atoms with Crippen molar-refractivity contribution < 1.29 is 9.59 Å². The zero-order valence-corrected chi connectivity index (χ0v) is 15.0. The summed E-state index contributed by atoms with van der Waals surface area (Å²) >= 11 is 0. The highest BCUT2D eigenvalue weighted by atomic mass is 16.2. The number of carbonyl (C=O) groups excluding carboxylic acids is 2. The van der Waals surface area contributed by atoms with E-state index < -0.39 is 5.54 Å². The topological polar surface area (TPSA) is 61.4 Å². The zero-order chi connectivity index (χ0) is 18.2. The van der Waals surface area contributed by atoms with Gasteiger partial charge in [0.15, 0.2) is 0 Å². The number of fused-ring (bicyclic) bond motifs is 1. The van der Waals surface area contributed by atoms with Gasteiger partial charge < -0.3 is 10.6 Å². The number of hydrogen-bond acceptors (Lipinski definition) is 3. The molecule has 0 unspecified atom stereocenters. The van der Waals surface area contributed by atoms with Crippen LogP contribution >= 0.6 is 0 Å². The molecule has 0 atom stereocenters. The van der Waals surface area contributed by atoms with Crippen LogP contribution in [0.2, 0.25) is 0 Å². The first kappa shape index (κ1) is 17.0. The van der Waals surface area contributed by atoms with Gasteiger partial charge in [0.2, 0.25) is 11.8 Å². The van der Waals surface area contributed by atoms with Crippen molar-refractivity contribution in [1.29, 1.82) is 0 Å². The van der Waals surface area contributed by atoms with Crippen LogP contribution in [0.1, 0.15) is 25.0 Å². The van der Waals surface area contributed by atoms with Crippen molar-refractivity contribution >= 4 is 28.9 Å². The van der Waals surface area contributed by atoms with Crippen molar-refractivity contribution in [3.05, 3.63) is 53.6 Å². The molecule has 0 radical (unpaired) electrons. The van der Waals surface area contributed by atoms with E-state index in [4.69, 9.17) is 0 Å². The number of anilines is 3. The quantitative estimate of drug-likeness (QED) is 0.901. The van der Waals surface area contributed by atoms with E-state index >= 15 is 0 Å².